The van der Waals surface area contributed by atoms with E-state index in [0.29, 0.717) is 5.56 Å². The summed E-state index contributed by atoms with van der Waals surface area (Å²) in [7, 11) is -4.45. The van der Waals surface area contributed by atoms with Gasteiger partial charge in [-0.2, -0.15) is 8.42 Å². The fraction of sp³-hybridized carbons (Fsp3) is 0.111. The largest absolute Gasteiger partial charge is 0.398 e. The molecule has 0 saturated carbocycles. The maximum Gasteiger partial charge on any atom is 0.398 e. The van der Waals surface area contributed by atoms with E-state index in [1.54, 1.807) is 30.3 Å². The van der Waals surface area contributed by atoms with Gasteiger partial charge in [0.25, 0.3) is 0 Å². The molecule has 0 spiro atoms. The van der Waals surface area contributed by atoms with E-state index >= 15 is 0 Å². The summed E-state index contributed by atoms with van der Waals surface area (Å²) in [4.78, 5) is 0. The van der Waals surface area contributed by atoms with Crippen LogP contribution >= 0.6 is 0 Å². The molecule has 0 aliphatic carbocycles. The molecule has 0 bridgehead atoms. The minimum atomic E-state index is -4.45. The van der Waals surface area contributed by atoms with Crippen molar-refractivity contribution in [1.82, 2.24) is 0 Å². The third-order valence-electron chi connectivity index (χ3n) is 1.57. The van der Waals surface area contributed by atoms with Gasteiger partial charge < -0.3 is 0 Å². The molecule has 1 unspecified atom stereocenters. The average molecular weight is 214 g/mol. The molecule has 0 radical (unpaired) electrons. The molecule has 1 N–H and O–H groups in total. The molecule has 76 valence electrons. The van der Waals surface area contributed by atoms with Crippen molar-refractivity contribution in [1.29, 1.82) is 0 Å². The van der Waals surface area contributed by atoms with Gasteiger partial charge in [0.1, 0.15) is 6.10 Å². The van der Waals surface area contributed by atoms with Crippen LogP contribution in [0.25, 0.3) is 0 Å². The first kappa shape index (κ1) is 10.9. The lowest BCUT2D eigenvalue weighted by atomic mass is 10.1. The van der Waals surface area contributed by atoms with E-state index in [0.717, 1.165) is 0 Å². The smallest absolute Gasteiger partial charge is 0.264 e. The molecule has 1 aromatic rings. The molecule has 0 saturated heterocycles. The van der Waals surface area contributed by atoms with Crippen molar-refractivity contribution in [3.8, 4) is 0 Å². The Morgan fingerprint density at radius 1 is 1.36 bits per heavy atom. The molecule has 1 atom stereocenters. The normalized spacial score (nSPS) is 13.5. The van der Waals surface area contributed by atoms with E-state index in [4.69, 9.17) is 4.55 Å². The van der Waals surface area contributed by atoms with Gasteiger partial charge in [0.2, 0.25) is 0 Å². The van der Waals surface area contributed by atoms with E-state index in [-0.39, 0.29) is 0 Å². The predicted molar refractivity (Wildman–Crippen MR) is 52.0 cm³/mol. The van der Waals surface area contributed by atoms with Crippen molar-refractivity contribution in [2.45, 2.75) is 6.10 Å². The van der Waals surface area contributed by atoms with Crippen LogP contribution in [0, 0.1) is 0 Å². The first-order valence-corrected chi connectivity index (χ1v) is 5.22. The van der Waals surface area contributed by atoms with Crippen LogP contribution in [0.1, 0.15) is 11.7 Å². The van der Waals surface area contributed by atoms with Crippen LogP contribution in [0.2, 0.25) is 0 Å². The predicted octanol–water partition coefficient (Wildman–Crippen LogP) is 1.73. The summed E-state index contributed by atoms with van der Waals surface area (Å²) in [6, 6.07) is 8.62. The Kier molecular flexibility index (Phi) is 3.40. The Bertz CT molecular complexity index is 396. The number of hydrogen-bond acceptors (Lipinski definition) is 3. The SMILES string of the molecule is C=CC(OS(=O)(=O)O)c1ccccc1. The lowest BCUT2D eigenvalue weighted by molar-refractivity contribution is 0.223. The van der Waals surface area contributed by atoms with Gasteiger partial charge >= 0.3 is 10.4 Å². The Morgan fingerprint density at radius 2 is 1.93 bits per heavy atom. The average Bonchev–Trinajstić information content (AvgIpc) is 2.14. The highest BCUT2D eigenvalue weighted by Gasteiger charge is 2.15. The Hall–Kier alpha value is -1.17. The number of benzene rings is 1. The molecule has 0 fully saturated rings. The third-order valence-corrected chi connectivity index (χ3v) is 2.02. The summed E-state index contributed by atoms with van der Waals surface area (Å²) in [5, 5.41) is 0. The van der Waals surface area contributed by atoms with E-state index in [9.17, 15) is 8.42 Å². The quantitative estimate of drug-likeness (QED) is 0.612. The van der Waals surface area contributed by atoms with E-state index in [1.165, 1.54) is 6.08 Å². The van der Waals surface area contributed by atoms with Crippen LogP contribution in [0.5, 0.6) is 0 Å². The summed E-state index contributed by atoms with van der Waals surface area (Å²) in [5.74, 6) is 0. The monoisotopic (exact) mass is 214 g/mol. The first-order chi connectivity index (χ1) is 6.53. The van der Waals surface area contributed by atoms with E-state index < -0.39 is 16.5 Å². The molecule has 0 aliphatic rings. The fourth-order valence-electron chi connectivity index (χ4n) is 1.00. The van der Waals surface area contributed by atoms with Crippen molar-refractivity contribution < 1.29 is 17.2 Å². The first-order valence-electron chi connectivity index (χ1n) is 3.86. The van der Waals surface area contributed by atoms with Gasteiger partial charge in [0.05, 0.1) is 0 Å². The molecule has 0 heterocycles. The van der Waals surface area contributed by atoms with E-state index in [2.05, 4.69) is 10.8 Å². The minimum Gasteiger partial charge on any atom is -0.264 e. The molecule has 1 aromatic carbocycles. The molecular weight excluding hydrogens is 204 g/mol. The highest BCUT2D eigenvalue weighted by molar-refractivity contribution is 7.80. The van der Waals surface area contributed by atoms with Crippen LogP contribution < -0.4 is 0 Å². The van der Waals surface area contributed by atoms with Crippen molar-refractivity contribution >= 4 is 10.4 Å². The molecule has 0 aromatic heterocycles. The van der Waals surface area contributed by atoms with Gasteiger partial charge in [-0.15, -0.1) is 6.58 Å². The molecule has 0 aliphatic heterocycles. The molecule has 4 nitrogen and oxygen atoms in total. The summed E-state index contributed by atoms with van der Waals surface area (Å²) >= 11 is 0. The summed E-state index contributed by atoms with van der Waals surface area (Å²) in [5.41, 5.74) is 0.611. The second kappa shape index (κ2) is 4.36. The maximum atomic E-state index is 10.5. The van der Waals surface area contributed by atoms with Crippen LogP contribution in [0.4, 0.5) is 0 Å². The summed E-state index contributed by atoms with van der Waals surface area (Å²) < 4.78 is 33.8. The minimum absolute atomic E-state index is 0.611. The second-order valence-electron chi connectivity index (χ2n) is 2.59. The van der Waals surface area contributed by atoms with Gasteiger partial charge in [-0.3, -0.25) is 4.55 Å². The lowest BCUT2D eigenvalue weighted by Gasteiger charge is -2.10. The molecule has 1 rings (SSSR count). The van der Waals surface area contributed by atoms with Crippen LogP contribution in [-0.2, 0) is 14.6 Å². The zero-order chi connectivity index (χ0) is 10.6. The highest BCUT2D eigenvalue weighted by atomic mass is 32.3. The molecular formula is C9H10O4S. The standard InChI is InChI=1S/C9H10O4S/c1-2-9(13-14(10,11)12)8-6-4-3-5-7-8/h2-7,9H,1H2,(H,10,11,12). The zero-order valence-electron chi connectivity index (χ0n) is 7.33. The summed E-state index contributed by atoms with van der Waals surface area (Å²) in [6.07, 6.45) is 0.439. The zero-order valence-corrected chi connectivity index (χ0v) is 8.15. The topological polar surface area (TPSA) is 63.6 Å². The van der Waals surface area contributed by atoms with Gasteiger partial charge in [-0.05, 0) is 5.56 Å². The fourth-order valence-corrected chi connectivity index (χ4v) is 1.46. The van der Waals surface area contributed by atoms with Crippen molar-refractivity contribution in [2.75, 3.05) is 0 Å². The van der Waals surface area contributed by atoms with Gasteiger partial charge in [0, 0.05) is 0 Å². The van der Waals surface area contributed by atoms with Gasteiger partial charge in [-0.1, -0.05) is 36.4 Å². The Balaban J connectivity index is 2.89. The third kappa shape index (κ3) is 3.29. The maximum absolute atomic E-state index is 10.5. The number of rotatable bonds is 4. The van der Waals surface area contributed by atoms with Crippen molar-refractivity contribution in [3.05, 3.63) is 48.6 Å². The lowest BCUT2D eigenvalue weighted by Crippen LogP contribution is -2.08. The molecule has 0 amide bonds. The number of hydrogen-bond donors (Lipinski definition) is 1. The van der Waals surface area contributed by atoms with Crippen LogP contribution in [0.15, 0.2) is 43.0 Å². The highest BCUT2D eigenvalue weighted by Crippen LogP contribution is 2.19. The molecule has 14 heavy (non-hydrogen) atoms. The van der Waals surface area contributed by atoms with Crippen LogP contribution in [-0.4, -0.2) is 13.0 Å². The molecule has 5 heteroatoms. The van der Waals surface area contributed by atoms with Crippen LogP contribution in [0.3, 0.4) is 0 Å². The summed E-state index contributed by atoms with van der Waals surface area (Å²) in [6.45, 7) is 3.42. The Labute approximate surface area is 82.8 Å². The second-order valence-corrected chi connectivity index (χ2v) is 3.64. The Morgan fingerprint density at radius 3 is 2.36 bits per heavy atom. The van der Waals surface area contributed by atoms with Gasteiger partial charge in [0.15, 0.2) is 0 Å². The van der Waals surface area contributed by atoms with E-state index in [1.807, 2.05) is 0 Å². The van der Waals surface area contributed by atoms with Crippen molar-refractivity contribution in [3.63, 3.8) is 0 Å². The van der Waals surface area contributed by atoms with Crippen molar-refractivity contribution in [2.24, 2.45) is 0 Å². The van der Waals surface area contributed by atoms with Gasteiger partial charge in [-0.25, -0.2) is 4.18 Å².